The molecule has 0 bridgehead atoms. The molecule has 0 radical (unpaired) electrons. The first-order valence-electron chi connectivity index (χ1n) is 11.9. The average Bonchev–Trinajstić information content (AvgIpc) is 3.60. The van der Waals surface area contributed by atoms with Crippen molar-refractivity contribution in [1.82, 2.24) is 25.1 Å². The maximum Gasteiger partial charge on any atom is 0.181 e. The largest absolute Gasteiger partial charge is 0.358 e. The minimum Gasteiger partial charge on any atom is -0.358 e. The summed E-state index contributed by atoms with van der Waals surface area (Å²) < 4.78 is 13.7. The molecule has 8 heteroatoms. The van der Waals surface area contributed by atoms with E-state index in [1.54, 1.807) is 12.4 Å². The van der Waals surface area contributed by atoms with E-state index in [0.29, 0.717) is 5.65 Å². The molecule has 5 aromatic heterocycles. The van der Waals surface area contributed by atoms with Crippen molar-refractivity contribution in [2.45, 2.75) is 20.8 Å². The van der Waals surface area contributed by atoms with Crippen LogP contribution >= 0.6 is 11.3 Å². The third-order valence-corrected chi connectivity index (χ3v) is 7.36. The van der Waals surface area contributed by atoms with Gasteiger partial charge in [-0.1, -0.05) is 39.5 Å². The van der Waals surface area contributed by atoms with E-state index in [2.05, 4.69) is 69.9 Å². The zero-order chi connectivity index (χ0) is 25.7. The van der Waals surface area contributed by atoms with Crippen molar-refractivity contribution in [1.29, 1.82) is 0 Å². The summed E-state index contributed by atoms with van der Waals surface area (Å²) in [6.07, 6.45) is 5.42. The van der Waals surface area contributed by atoms with Gasteiger partial charge in [-0.05, 0) is 36.4 Å². The number of thiophene rings is 1. The molecular formula is C29H25FN6S. The average molecular weight is 509 g/mol. The Balaban J connectivity index is 1.40. The first kappa shape index (κ1) is 23.1. The van der Waals surface area contributed by atoms with Crippen molar-refractivity contribution in [3.63, 3.8) is 0 Å². The Morgan fingerprint density at radius 3 is 2.62 bits per heavy atom. The Hall–Kier alpha value is -4.30. The van der Waals surface area contributed by atoms with Crippen LogP contribution in [0.2, 0.25) is 0 Å². The van der Waals surface area contributed by atoms with Crippen LogP contribution in [0.3, 0.4) is 0 Å². The highest BCUT2D eigenvalue weighted by atomic mass is 32.1. The molecule has 0 aliphatic rings. The van der Waals surface area contributed by atoms with E-state index in [-0.39, 0.29) is 10.5 Å². The van der Waals surface area contributed by atoms with Crippen molar-refractivity contribution in [2.75, 3.05) is 5.32 Å². The van der Waals surface area contributed by atoms with Crippen LogP contribution < -0.4 is 5.32 Å². The van der Waals surface area contributed by atoms with Gasteiger partial charge in [-0.2, -0.15) is 9.49 Å². The molecule has 5 heterocycles. The highest BCUT2D eigenvalue weighted by molar-refractivity contribution is 7.14. The quantitative estimate of drug-likeness (QED) is 0.220. The molecule has 0 aliphatic carbocycles. The number of hydrogen-bond donors (Lipinski definition) is 3. The van der Waals surface area contributed by atoms with Crippen LogP contribution in [0.1, 0.15) is 20.8 Å². The Kier molecular flexibility index (Phi) is 5.42. The number of nitrogens with one attached hydrogen (secondary N) is 3. The lowest BCUT2D eigenvalue weighted by molar-refractivity contribution is 0.509. The summed E-state index contributed by atoms with van der Waals surface area (Å²) in [5, 5.41) is 12.7. The van der Waals surface area contributed by atoms with Crippen molar-refractivity contribution in [2.24, 2.45) is 5.41 Å². The summed E-state index contributed by atoms with van der Waals surface area (Å²) in [7, 11) is 0. The molecule has 1 aromatic carbocycles. The number of fused-ring (bicyclic) bond motifs is 2. The molecule has 0 saturated carbocycles. The third kappa shape index (κ3) is 4.29. The van der Waals surface area contributed by atoms with Gasteiger partial charge in [-0.25, -0.2) is 4.98 Å². The van der Waals surface area contributed by atoms with Gasteiger partial charge in [0.05, 0.1) is 23.3 Å². The molecule has 0 aliphatic heterocycles. The Bertz CT molecular complexity index is 1790. The fourth-order valence-corrected chi connectivity index (χ4v) is 5.02. The van der Waals surface area contributed by atoms with Crippen molar-refractivity contribution >= 4 is 39.0 Å². The van der Waals surface area contributed by atoms with E-state index in [0.717, 1.165) is 72.0 Å². The zero-order valence-electron chi connectivity index (χ0n) is 20.7. The lowest BCUT2D eigenvalue weighted by Crippen LogP contribution is -2.15. The van der Waals surface area contributed by atoms with Crippen molar-refractivity contribution in [3.8, 4) is 33.0 Å². The number of hydrogen-bond acceptors (Lipinski definition) is 5. The molecule has 6 nitrogen and oxygen atoms in total. The first-order chi connectivity index (χ1) is 17.8. The van der Waals surface area contributed by atoms with Crippen LogP contribution in [0.25, 0.3) is 54.9 Å². The topological polar surface area (TPSA) is 82.3 Å². The minimum atomic E-state index is -0.197. The van der Waals surface area contributed by atoms with Crippen molar-refractivity contribution < 1.29 is 4.39 Å². The summed E-state index contributed by atoms with van der Waals surface area (Å²) in [5.41, 5.74) is 7.90. The number of rotatable bonds is 5. The Morgan fingerprint density at radius 2 is 1.84 bits per heavy atom. The second-order valence-corrected chi connectivity index (χ2v) is 11.1. The normalized spacial score (nSPS) is 11.9. The minimum absolute atomic E-state index is 0.0702. The predicted molar refractivity (Wildman–Crippen MR) is 150 cm³/mol. The van der Waals surface area contributed by atoms with E-state index in [1.165, 1.54) is 6.07 Å². The molecule has 37 heavy (non-hydrogen) atoms. The number of aromatic amines is 2. The molecule has 0 fully saturated rings. The highest BCUT2D eigenvalue weighted by Crippen LogP contribution is 2.37. The van der Waals surface area contributed by atoms with Gasteiger partial charge in [-0.15, -0.1) is 11.3 Å². The number of anilines is 1. The van der Waals surface area contributed by atoms with Crippen LogP contribution in [0.5, 0.6) is 0 Å². The Labute approximate surface area is 217 Å². The number of allylic oxidation sites excluding steroid dienone is 1. The molecular weight excluding hydrogens is 483 g/mol. The van der Waals surface area contributed by atoms with E-state index < -0.39 is 0 Å². The summed E-state index contributed by atoms with van der Waals surface area (Å²) in [5.74, 6) is 0. The van der Waals surface area contributed by atoms with Gasteiger partial charge in [0.1, 0.15) is 0 Å². The molecule has 6 rings (SSSR count). The van der Waals surface area contributed by atoms with Crippen LogP contribution in [-0.2, 0) is 0 Å². The number of benzene rings is 1. The van der Waals surface area contributed by atoms with E-state index in [1.807, 2.05) is 36.5 Å². The first-order valence-corrected chi connectivity index (χ1v) is 12.7. The SMILES string of the molecule is C=C(Nc1cncc(-c2cnc3n[nH]c(-c4cc5c(-c6ccc(F)s6)cccc5[nH]4)c3c2)c1)C(C)(C)C. The summed E-state index contributed by atoms with van der Waals surface area (Å²) in [6, 6.07) is 15.5. The van der Waals surface area contributed by atoms with Gasteiger partial charge in [0, 0.05) is 61.4 Å². The fraction of sp³-hybridized carbons (Fsp3) is 0.138. The third-order valence-electron chi connectivity index (χ3n) is 6.45. The van der Waals surface area contributed by atoms with Crippen LogP contribution in [0.4, 0.5) is 10.1 Å². The number of halogens is 1. The van der Waals surface area contributed by atoms with Gasteiger partial charge < -0.3 is 10.3 Å². The molecule has 184 valence electrons. The molecule has 6 aromatic rings. The lowest BCUT2D eigenvalue weighted by atomic mass is 9.93. The number of H-pyrrole nitrogens is 2. The van der Waals surface area contributed by atoms with E-state index in [9.17, 15) is 4.39 Å². The maximum atomic E-state index is 13.7. The number of nitrogens with zero attached hydrogens (tertiary/aromatic N) is 3. The van der Waals surface area contributed by atoms with Gasteiger partial charge in [-0.3, -0.25) is 10.1 Å². The molecule has 0 spiro atoms. The number of pyridine rings is 2. The second kappa shape index (κ2) is 8.67. The highest BCUT2D eigenvalue weighted by Gasteiger charge is 2.17. The van der Waals surface area contributed by atoms with E-state index >= 15 is 0 Å². The van der Waals surface area contributed by atoms with E-state index in [4.69, 9.17) is 0 Å². The summed E-state index contributed by atoms with van der Waals surface area (Å²) in [6.45, 7) is 10.5. The lowest BCUT2D eigenvalue weighted by Gasteiger charge is -2.23. The van der Waals surface area contributed by atoms with Crippen LogP contribution in [0, 0.1) is 10.5 Å². The standard InChI is InChI=1S/C29H25FN6S/c1-16(29(2,3)4)33-19-10-17(13-31-15-19)18-11-22-27(35-36-28(22)32-14-18)24-12-21-20(6-5-7-23(21)34-24)25-8-9-26(30)37-25/h5-15,33-34H,1H2,2-4H3,(H,32,35,36). The van der Waals surface area contributed by atoms with Crippen molar-refractivity contribution in [3.05, 3.63) is 84.5 Å². The van der Waals surface area contributed by atoms with Gasteiger partial charge in [0.25, 0.3) is 0 Å². The van der Waals surface area contributed by atoms with Gasteiger partial charge in [0.15, 0.2) is 10.8 Å². The van der Waals surface area contributed by atoms with Crippen LogP contribution in [0.15, 0.2) is 79.4 Å². The van der Waals surface area contributed by atoms with Gasteiger partial charge in [0.2, 0.25) is 0 Å². The molecule has 0 atom stereocenters. The zero-order valence-corrected chi connectivity index (χ0v) is 21.5. The second-order valence-electron chi connectivity index (χ2n) is 10.1. The fourth-order valence-electron chi connectivity index (χ4n) is 4.25. The molecule has 3 N–H and O–H groups in total. The Morgan fingerprint density at radius 1 is 1.00 bits per heavy atom. The van der Waals surface area contributed by atoms with Crippen LogP contribution in [-0.4, -0.2) is 25.1 Å². The maximum absolute atomic E-state index is 13.7. The molecule has 0 unspecified atom stereocenters. The smallest absolute Gasteiger partial charge is 0.181 e. The summed E-state index contributed by atoms with van der Waals surface area (Å²) in [4.78, 5) is 13.4. The molecule has 0 saturated heterocycles. The predicted octanol–water partition coefficient (Wildman–Crippen LogP) is 8.01. The monoisotopic (exact) mass is 508 g/mol. The number of aromatic nitrogens is 5. The molecule has 0 amide bonds. The van der Waals surface area contributed by atoms with Gasteiger partial charge >= 0.3 is 0 Å². The summed E-state index contributed by atoms with van der Waals surface area (Å²) >= 11 is 1.14.